The zero-order valence-electron chi connectivity index (χ0n) is 31.4. The van der Waals surface area contributed by atoms with Crippen LogP contribution in [-0.2, 0) is 47.4 Å². The van der Waals surface area contributed by atoms with Crippen LogP contribution in [0.3, 0.4) is 0 Å². The van der Waals surface area contributed by atoms with Crippen LogP contribution in [0.2, 0.25) is 0 Å². The van der Waals surface area contributed by atoms with Gasteiger partial charge >= 0.3 is 0 Å². The SMILES string of the molecule is CCCCCCCCCCCCCCCCCCOCCOCCOCCO/C=C/OCCOCCOCCOCCOCCOCCO. The van der Waals surface area contributed by atoms with Gasteiger partial charge in [0.25, 0.3) is 0 Å². The smallest absolute Gasteiger partial charge is 0.117 e. The fourth-order valence-corrected chi connectivity index (χ4v) is 4.77. The third-order valence-corrected chi connectivity index (χ3v) is 7.55. The van der Waals surface area contributed by atoms with Gasteiger partial charge in [-0.1, -0.05) is 103 Å². The molecular formula is C38H76O11. The summed E-state index contributed by atoms with van der Waals surface area (Å²) in [6, 6.07) is 0. The minimum absolute atomic E-state index is 0.0278. The molecule has 0 spiro atoms. The van der Waals surface area contributed by atoms with Crippen molar-refractivity contribution in [2.24, 2.45) is 0 Å². The lowest BCUT2D eigenvalue weighted by Gasteiger charge is -2.08. The molecule has 1 N–H and O–H groups in total. The van der Waals surface area contributed by atoms with Gasteiger partial charge in [0.15, 0.2) is 0 Å². The average molecular weight is 709 g/mol. The zero-order valence-corrected chi connectivity index (χ0v) is 31.4. The van der Waals surface area contributed by atoms with Crippen LogP contribution in [-0.4, -0.2) is 131 Å². The molecule has 0 aliphatic rings. The Hall–Kier alpha value is -1.02. The van der Waals surface area contributed by atoms with Crippen LogP contribution in [0.25, 0.3) is 0 Å². The highest BCUT2D eigenvalue weighted by atomic mass is 16.6. The quantitative estimate of drug-likeness (QED) is 0.0528. The van der Waals surface area contributed by atoms with Crippen LogP contribution in [0.4, 0.5) is 0 Å². The van der Waals surface area contributed by atoms with E-state index in [0.717, 1.165) is 13.0 Å². The van der Waals surface area contributed by atoms with E-state index in [1.807, 2.05) is 0 Å². The van der Waals surface area contributed by atoms with Crippen LogP contribution < -0.4 is 0 Å². The first-order chi connectivity index (χ1) is 24.4. The Bertz CT molecular complexity index is 598. The van der Waals surface area contributed by atoms with Gasteiger partial charge in [-0.15, -0.1) is 0 Å². The van der Waals surface area contributed by atoms with E-state index < -0.39 is 0 Å². The fourth-order valence-electron chi connectivity index (χ4n) is 4.77. The summed E-state index contributed by atoms with van der Waals surface area (Å²) in [6.07, 6.45) is 25.2. The maximum Gasteiger partial charge on any atom is 0.117 e. The van der Waals surface area contributed by atoms with E-state index in [4.69, 9.17) is 52.5 Å². The second-order valence-electron chi connectivity index (χ2n) is 11.9. The van der Waals surface area contributed by atoms with Gasteiger partial charge in [-0.2, -0.15) is 0 Å². The van der Waals surface area contributed by atoms with Gasteiger partial charge in [0.1, 0.15) is 25.7 Å². The van der Waals surface area contributed by atoms with Crippen LogP contribution >= 0.6 is 0 Å². The predicted octanol–water partition coefficient (Wildman–Crippen LogP) is 6.88. The van der Waals surface area contributed by atoms with E-state index >= 15 is 0 Å². The number of aliphatic hydroxyl groups excluding tert-OH is 1. The van der Waals surface area contributed by atoms with E-state index in [1.165, 1.54) is 109 Å². The zero-order chi connectivity index (χ0) is 35.2. The van der Waals surface area contributed by atoms with Gasteiger partial charge in [0.2, 0.25) is 0 Å². The maximum absolute atomic E-state index is 8.59. The molecule has 294 valence electrons. The average Bonchev–Trinajstić information content (AvgIpc) is 3.11. The summed E-state index contributed by atoms with van der Waals surface area (Å²) in [5.74, 6) is 0. The molecule has 0 saturated carbocycles. The Balaban J connectivity index is 3.09. The third-order valence-electron chi connectivity index (χ3n) is 7.55. The molecule has 0 heterocycles. The fraction of sp³-hybridized carbons (Fsp3) is 0.947. The highest BCUT2D eigenvalue weighted by Crippen LogP contribution is 2.13. The Morgan fingerprint density at radius 3 is 0.837 bits per heavy atom. The van der Waals surface area contributed by atoms with Crippen molar-refractivity contribution in [1.29, 1.82) is 0 Å². The van der Waals surface area contributed by atoms with Gasteiger partial charge in [0, 0.05) is 6.61 Å². The number of ether oxygens (including phenoxy) is 10. The number of hydrogen-bond donors (Lipinski definition) is 1. The van der Waals surface area contributed by atoms with Gasteiger partial charge < -0.3 is 52.5 Å². The summed E-state index contributed by atoms with van der Waals surface area (Å²) in [7, 11) is 0. The molecule has 0 radical (unpaired) electrons. The molecule has 0 rings (SSSR count). The number of aliphatic hydroxyl groups is 1. The monoisotopic (exact) mass is 709 g/mol. The number of rotatable bonds is 45. The first-order valence-corrected chi connectivity index (χ1v) is 19.5. The predicted molar refractivity (Wildman–Crippen MR) is 194 cm³/mol. The molecule has 11 heteroatoms. The van der Waals surface area contributed by atoms with E-state index in [0.29, 0.717) is 112 Å². The van der Waals surface area contributed by atoms with Crippen molar-refractivity contribution in [1.82, 2.24) is 0 Å². The minimum atomic E-state index is 0.0278. The van der Waals surface area contributed by atoms with E-state index in [-0.39, 0.29) is 6.61 Å². The molecule has 0 aliphatic heterocycles. The molecular weight excluding hydrogens is 632 g/mol. The van der Waals surface area contributed by atoms with Crippen LogP contribution in [0.15, 0.2) is 12.5 Å². The highest BCUT2D eigenvalue weighted by molar-refractivity contribution is 4.60. The lowest BCUT2D eigenvalue weighted by molar-refractivity contribution is -0.0156. The molecule has 0 bridgehead atoms. The minimum Gasteiger partial charge on any atom is -0.496 e. The highest BCUT2D eigenvalue weighted by Gasteiger charge is 1.97. The third kappa shape index (κ3) is 47.0. The first-order valence-electron chi connectivity index (χ1n) is 19.5. The van der Waals surface area contributed by atoms with Crippen molar-refractivity contribution in [3.63, 3.8) is 0 Å². The van der Waals surface area contributed by atoms with Crippen LogP contribution in [0, 0.1) is 0 Å². The molecule has 0 unspecified atom stereocenters. The van der Waals surface area contributed by atoms with Crippen molar-refractivity contribution in [3.8, 4) is 0 Å². The van der Waals surface area contributed by atoms with E-state index in [9.17, 15) is 0 Å². The summed E-state index contributed by atoms with van der Waals surface area (Å²) < 4.78 is 54.1. The molecule has 0 aromatic carbocycles. The second kappa shape index (κ2) is 47.0. The van der Waals surface area contributed by atoms with Gasteiger partial charge in [-0.05, 0) is 6.42 Å². The van der Waals surface area contributed by atoms with Gasteiger partial charge in [-0.25, -0.2) is 0 Å². The van der Waals surface area contributed by atoms with Crippen molar-refractivity contribution in [3.05, 3.63) is 12.5 Å². The summed E-state index contributed by atoms with van der Waals surface area (Å²) in [6.45, 7) is 11.6. The number of unbranched alkanes of at least 4 members (excludes halogenated alkanes) is 15. The maximum atomic E-state index is 8.59. The molecule has 0 aliphatic carbocycles. The molecule has 0 aromatic rings. The molecule has 0 amide bonds. The Labute approximate surface area is 299 Å². The molecule has 11 nitrogen and oxygen atoms in total. The topological polar surface area (TPSA) is 113 Å². The molecule has 0 atom stereocenters. The summed E-state index contributed by atoms with van der Waals surface area (Å²) >= 11 is 0. The summed E-state index contributed by atoms with van der Waals surface area (Å²) in [5.41, 5.74) is 0. The summed E-state index contributed by atoms with van der Waals surface area (Å²) in [4.78, 5) is 0. The van der Waals surface area contributed by atoms with Crippen molar-refractivity contribution >= 4 is 0 Å². The van der Waals surface area contributed by atoms with E-state index in [1.54, 1.807) is 0 Å². The second-order valence-corrected chi connectivity index (χ2v) is 11.9. The first kappa shape index (κ1) is 48.0. The Morgan fingerprint density at radius 1 is 0.286 bits per heavy atom. The van der Waals surface area contributed by atoms with Crippen molar-refractivity contribution < 1.29 is 52.5 Å². The van der Waals surface area contributed by atoms with Gasteiger partial charge in [0.05, 0.1) is 106 Å². The van der Waals surface area contributed by atoms with Crippen LogP contribution in [0.5, 0.6) is 0 Å². The van der Waals surface area contributed by atoms with Gasteiger partial charge in [-0.3, -0.25) is 0 Å². The standard InChI is InChI=1S/C38H76O11/c1-2-3-4-5-6-7-8-9-10-11-12-13-14-15-16-17-19-40-21-23-42-25-27-44-29-31-46-33-35-48-37-38-49-36-34-47-32-30-45-28-26-43-24-22-41-20-18-39/h33,35,39H,2-32,34,36-38H2,1H3/b35-33+. The van der Waals surface area contributed by atoms with E-state index in [2.05, 4.69) is 6.92 Å². The van der Waals surface area contributed by atoms with Crippen LogP contribution in [0.1, 0.15) is 110 Å². The number of hydrogen-bond acceptors (Lipinski definition) is 11. The van der Waals surface area contributed by atoms with Crippen molar-refractivity contribution in [2.45, 2.75) is 110 Å². The van der Waals surface area contributed by atoms with Crippen molar-refractivity contribution in [2.75, 3.05) is 126 Å². The molecule has 0 aromatic heterocycles. The Kier molecular flexibility index (Phi) is 46.0. The summed E-state index contributed by atoms with van der Waals surface area (Å²) in [5, 5.41) is 8.59. The lowest BCUT2D eigenvalue weighted by atomic mass is 10.0. The lowest BCUT2D eigenvalue weighted by Crippen LogP contribution is -2.14. The molecule has 0 saturated heterocycles. The molecule has 49 heavy (non-hydrogen) atoms. The Morgan fingerprint density at radius 2 is 0.531 bits per heavy atom. The molecule has 0 fully saturated rings. The normalized spacial score (nSPS) is 11.6. The largest absolute Gasteiger partial charge is 0.496 e.